The molecule has 0 saturated carbocycles. The number of H-pyrrole nitrogens is 1. The number of piperidine rings is 1. The number of aromatic nitrogens is 2. The number of rotatable bonds is 1. The molecule has 1 aliphatic rings. The van der Waals surface area contributed by atoms with Gasteiger partial charge in [-0.3, -0.25) is 14.3 Å². The van der Waals surface area contributed by atoms with Crippen molar-refractivity contribution >= 4 is 0 Å². The molecule has 14 heavy (non-hydrogen) atoms. The number of nitrogens with zero attached hydrogens (tertiary/aromatic N) is 1. The van der Waals surface area contributed by atoms with Crippen LogP contribution in [0.15, 0.2) is 21.9 Å². The van der Waals surface area contributed by atoms with Crippen LogP contribution in [0.5, 0.6) is 0 Å². The standard InChI is InChI=1S/C9H13N3O2/c13-8-3-5-12(9(14)11-8)7-2-1-4-10-6-7/h3,5,7,10H,1-2,4,6H2,(H,11,13,14). The van der Waals surface area contributed by atoms with Crippen LogP contribution in [0.2, 0.25) is 0 Å². The van der Waals surface area contributed by atoms with E-state index < -0.39 is 0 Å². The fourth-order valence-electron chi connectivity index (χ4n) is 1.79. The highest BCUT2D eigenvalue weighted by molar-refractivity contribution is 4.87. The van der Waals surface area contributed by atoms with Gasteiger partial charge in [0.1, 0.15) is 0 Å². The van der Waals surface area contributed by atoms with Gasteiger partial charge in [-0.25, -0.2) is 4.79 Å². The van der Waals surface area contributed by atoms with Gasteiger partial charge in [0.25, 0.3) is 5.56 Å². The molecule has 2 rings (SSSR count). The molecular formula is C9H13N3O2. The van der Waals surface area contributed by atoms with Gasteiger partial charge in [-0.2, -0.15) is 0 Å². The minimum Gasteiger partial charge on any atom is -0.315 e. The zero-order chi connectivity index (χ0) is 9.97. The summed E-state index contributed by atoms with van der Waals surface area (Å²) in [5.41, 5.74) is -0.652. The van der Waals surface area contributed by atoms with Crippen LogP contribution in [0.1, 0.15) is 18.9 Å². The lowest BCUT2D eigenvalue weighted by molar-refractivity contribution is 0.359. The van der Waals surface area contributed by atoms with Gasteiger partial charge in [0.2, 0.25) is 0 Å². The van der Waals surface area contributed by atoms with Crippen LogP contribution in [-0.2, 0) is 0 Å². The Morgan fingerprint density at radius 3 is 2.93 bits per heavy atom. The molecule has 76 valence electrons. The number of aromatic amines is 1. The first kappa shape index (κ1) is 9.21. The summed E-state index contributed by atoms with van der Waals surface area (Å²) in [5, 5.41) is 3.22. The molecule has 0 bridgehead atoms. The Kier molecular flexibility index (Phi) is 2.49. The molecule has 1 saturated heterocycles. The Hall–Kier alpha value is -1.36. The second-order valence-corrected chi connectivity index (χ2v) is 3.52. The molecule has 1 atom stereocenters. The van der Waals surface area contributed by atoms with Gasteiger partial charge in [0, 0.05) is 18.8 Å². The second-order valence-electron chi connectivity index (χ2n) is 3.52. The van der Waals surface area contributed by atoms with Gasteiger partial charge >= 0.3 is 5.69 Å². The normalized spacial score (nSPS) is 22.1. The fourth-order valence-corrected chi connectivity index (χ4v) is 1.79. The number of hydrogen-bond donors (Lipinski definition) is 2. The minimum absolute atomic E-state index is 0.174. The molecule has 1 fully saturated rings. The first-order valence-corrected chi connectivity index (χ1v) is 4.79. The Labute approximate surface area is 80.8 Å². The Balaban J connectivity index is 2.31. The van der Waals surface area contributed by atoms with Crippen molar-refractivity contribution in [3.05, 3.63) is 33.1 Å². The van der Waals surface area contributed by atoms with Crippen molar-refractivity contribution in [1.29, 1.82) is 0 Å². The monoisotopic (exact) mass is 195 g/mol. The van der Waals surface area contributed by atoms with Crippen molar-refractivity contribution in [3.63, 3.8) is 0 Å². The molecule has 1 unspecified atom stereocenters. The molecule has 1 aromatic rings. The molecule has 5 nitrogen and oxygen atoms in total. The lowest BCUT2D eigenvalue weighted by atomic mass is 10.1. The van der Waals surface area contributed by atoms with E-state index in [0.717, 1.165) is 25.9 Å². The van der Waals surface area contributed by atoms with Crippen molar-refractivity contribution in [2.75, 3.05) is 13.1 Å². The van der Waals surface area contributed by atoms with Crippen molar-refractivity contribution in [2.45, 2.75) is 18.9 Å². The summed E-state index contributed by atoms with van der Waals surface area (Å²) in [4.78, 5) is 24.5. The van der Waals surface area contributed by atoms with Crippen LogP contribution in [0, 0.1) is 0 Å². The summed E-state index contributed by atoms with van der Waals surface area (Å²) >= 11 is 0. The highest BCUT2D eigenvalue weighted by Crippen LogP contribution is 2.12. The maximum Gasteiger partial charge on any atom is 0.328 e. The molecule has 5 heteroatoms. The average Bonchev–Trinajstić information content (AvgIpc) is 2.19. The molecule has 0 spiro atoms. The summed E-state index contributed by atoms with van der Waals surface area (Å²) in [6.07, 6.45) is 3.62. The molecule has 0 radical (unpaired) electrons. The summed E-state index contributed by atoms with van der Waals surface area (Å²) in [7, 11) is 0. The van der Waals surface area contributed by atoms with Crippen LogP contribution in [0.25, 0.3) is 0 Å². The molecule has 0 aromatic carbocycles. The van der Waals surface area contributed by atoms with E-state index in [1.807, 2.05) is 0 Å². The fraction of sp³-hybridized carbons (Fsp3) is 0.556. The largest absolute Gasteiger partial charge is 0.328 e. The SMILES string of the molecule is O=c1ccn(C2CCCNC2)c(=O)[nH]1. The Bertz CT molecular complexity index is 415. The average molecular weight is 195 g/mol. The molecule has 0 amide bonds. The van der Waals surface area contributed by atoms with Crippen LogP contribution in [0.4, 0.5) is 0 Å². The van der Waals surface area contributed by atoms with E-state index in [0.29, 0.717) is 0 Å². The quantitative estimate of drug-likeness (QED) is 0.632. The van der Waals surface area contributed by atoms with Gasteiger partial charge in [-0.15, -0.1) is 0 Å². The summed E-state index contributed by atoms with van der Waals surface area (Å²) < 4.78 is 1.59. The third kappa shape index (κ3) is 1.77. The number of hydrogen-bond acceptors (Lipinski definition) is 3. The molecule has 2 N–H and O–H groups in total. The molecule has 1 aliphatic heterocycles. The third-order valence-corrected chi connectivity index (χ3v) is 2.52. The van der Waals surface area contributed by atoms with E-state index in [1.165, 1.54) is 6.07 Å². The van der Waals surface area contributed by atoms with Crippen molar-refractivity contribution in [2.24, 2.45) is 0 Å². The van der Waals surface area contributed by atoms with Crippen LogP contribution >= 0.6 is 0 Å². The lowest BCUT2D eigenvalue weighted by Gasteiger charge is -2.24. The first-order valence-electron chi connectivity index (χ1n) is 4.79. The van der Waals surface area contributed by atoms with E-state index in [-0.39, 0.29) is 17.3 Å². The summed E-state index contributed by atoms with van der Waals surface area (Å²) in [6, 6.07) is 1.56. The van der Waals surface area contributed by atoms with E-state index in [4.69, 9.17) is 0 Å². The molecule has 2 heterocycles. The van der Waals surface area contributed by atoms with Crippen LogP contribution in [-0.4, -0.2) is 22.6 Å². The van der Waals surface area contributed by atoms with Crippen LogP contribution in [0.3, 0.4) is 0 Å². The van der Waals surface area contributed by atoms with Gasteiger partial charge < -0.3 is 5.32 Å². The lowest BCUT2D eigenvalue weighted by Crippen LogP contribution is -2.38. The maximum absolute atomic E-state index is 11.4. The zero-order valence-electron chi connectivity index (χ0n) is 7.82. The molecular weight excluding hydrogens is 182 g/mol. The Morgan fingerprint density at radius 1 is 1.43 bits per heavy atom. The number of nitrogens with one attached hydrogen (secondary N) is 2. The maximum atomic E-state index is 11.4. The third-order valence-electron chi connectivity index (χ3n) is 2.52. The first-order chi connectivity index (χ1) is 6.77. The highest BCUT2D eigenvalue weighted by atomic mass is 16.2. The zero-order valence-corrected chi connectivity index (χ0v) is 7.82. The summed E-state index contributed by atoms with van der Waals surface area (Å²) in [6.45, 7) is 1.81. The van der Waals surface area contributed by atoms with Gasteiger partial charge in [-0.05, 0) is 19.4 Å². The second kappa shape index (κ2) is 3.79. The minimum atomic E-state index is -0.338. The van der Waals surface area contributed by atoms with E-state index >= 15 is 0 Å². The predicted molar refractivity (Wildman–Crippen MR) is 52.5 cm³/mol. The predicted octanol–water partition coefficient (Wildman–Crippen LogP) is -0.539. The molecule has 0 aliphatic carbocycles. The van der Waals surface area contributed by atoms with Crippen molar-refractivity contribution < 1.29 is 0 Å². The smallest absolute Gasteiger partial charge is 0.315 e. The van der Waals surface area contributed by atoms with E-state index in [2.05, 4.69) is 10.3 Å². The van der Waals surface area contributed by atoms with E-state index in [9.17, 15) is 9.59 Å². The highest BCUT2D eigenvalue weighted by Gasteiger charge is 2.15. The van der Waals surface area contributed by atoms with Gasteiger partial charge in [0.15, 0.2) is 0 Å². The Morgan fingerprint density at radius 2 is 2.29 bits per heavy atom. The van der Waals surface area contributed by atoms with Crippen molar-refractivity contribution in [3.8, 4) is 0 Å². The van der Waals surface area contributed by atoms with Gasteiger partial charge in [0.05, 0.1) is 6.04 Å². The van der Waals surface area contributed by atoms with Gasteiger partial charge in [-0.1, -0.05) is 0 Å². The molecule has 1 aromatic heterocycles. The van der Waals surface area contributed by atoms with E-state index in [1.54, 1.807) is 10.8 Å². The topological polar surface area (TPSA) is 66.9 Å². The van der Waals surface area contributed by atoms with Crippen LogP contribution < -0.4 is 16.6 Å². The summed E-state index contributed by atoms with van der Waals surface area (Å²) in [5.74, 6) is 0. The van der Waals surface area contributed by atoms with Crippen molar-refractivity contribution in [1.82, 2.24) is 14.9 Å².